The number of nitrogens with zero attached hydrogens (tertiary/aromatic N) is 5. The number of fused-ring (bicyclic) bond motifs is 1. The molecular formula is C21H27N5O2. The lowest BCUT2D eigenvalue weighted by molar-refractivity contribution is -0.138. The number of likely N-dealkylation sites (N-methyl/N-ethyl adjacent to an activating group) is 1. The van der Waals surface area contributed by atoms with Crippen LogP contribution in [0.4, 0.5) is 17.3 Å². The number of carbonyl (C=O) groups is 1. The van der Waals surface area contributed by atoms with Crippen molar-refractivity contribution in [1.82, 2.24) is 14.9 Å². The molecule has 0 aliphatic carbocycles. The van der Waals surface area contributed by atoms with Crippen molar-refractivity contribution in [3.8, 4) is 0 Å². The van der Waals surface area contributed by atoms with E-state index >= 15 is 0 Å². The van der Waals surface area contributed by atoms with Gasteiger partial charge in [-0.05, 0) is 44.4 Å². The summed E-state index contributed by atoms with van der Waals surface area (Å²) in [5.74, 6) is 1.13. The van der Waals surface area contributed by atoms with Crippen LogP contribution in [0.1, 0.15) is 24.8 Å². The Morgan fingerprint density at radius 2 is 2.00 bits per heavy atom. The molecule has 1 fully saturated rings. The molecule has 1 atom stereocenters. The van der Waals surface area contributed by atoms with E-state index in [1.807, 2.05) is 11.9 Å². The standard InChI is InChI=1S/C21H27N5O2/c1-24(14-21(27)28)17-6-4-10-25(11-9-17)19-13-20(23-15-22-19)26-12-8-16-5-2-3-7-18(16)26/h2-3,5,7,13,15,17H,4,6,8-12,14H2,1H3,(H,27,28). The third-order valence-corrected chi connectivity index (χ3v) is 5.83. The lowest BCUT2D eigenvalue weighted by Gasteiger charge is -2.26. The second kappa shape index (κ2) is 8.14. The number of hydrogen-bond acceptors (Lipinski definition) is 6. The summed E-state index contributed by atoms with van der Waals surface area (Å²) in [4.78, 5) is 26.6. The average Bonchev–Trinajstić information content (AvgIpc) is 2.96. The molecule has 28 heavy (non-hydrogen) atoms. The van der Waals surface area contributed by atoms with Gasteiger partial charge in [-0.25, -0.2) is 9.97 Å². The van der Waals surface area contributed by atoms with Gasteiger partial charge in [-0.15, -0.1) is 0 Å². The first-order chi connectivity index (χ1) is 13.6. The Balaban J connectivity index is 1.47. The third-order valence-electron chi connectivity index (χ3n) is 5.83. The van der Waals surface area contributed by atoms with E-state index in [0.29, 0.717) is 6.04 Å². The van der Waals surface area contributed by atoms with E-state index in [1.54, 1.807) is 6.33 Å². The molecule has 1 aromatic carbocycles. The van der Waals surface area contributed by atoms with Gasteiger partial charge in [-0.3, -0.25) is 9.69 Å². The Kier molecular flexibility index (Phi) is 5.43. The lowest BCUT2D eigenvalue weighted by Crippen LogP contribution is -2.36. The number of carboxylic acid groups (broad SMARTS) is 1. The number of para-hydroxylation sites is 1. The van der Waals surface area contributed by atoms with Crippen LogP contribution in [-0.2, 0) is 11.2 Å². The van der Waals surface area contributed by atoms with Crippen molar-refractivity contribution in [2.75, 3.05) is 43.0 Å². The molecule has 1 N–H and O–H groups in total. The second-order valence-corrected chi connectivity index (χ2v) is 7.65. The maximum Gasteiger partial charge on any atom is 0.317 e. The minimum atomic E-state index is -0.769. The van der Waals surface area contributed by atoms with E-state index in [-0.39, 0.29) is 6.54 Å². The molecular weight excluding hydrogens is 354 g/mol. The van der Waals surface area contributed by atoms with Crippen molar-refractivity contribution in [2.45, 2.75) is 31.7 Å². The molecule has 0 radical (unpaired) electrons. The number of rotatable bonds is 5. The van der Waals surface area contributed by atoms with Crippen LogP contribution in [0.25, 0.3) is 0 Å². The summed E-state index contributed by atoms with van der Waals surface area (Å²) in [6, 6.07) is 10.9. The maximum absolute atomic E-state index is 11.0. The highest BCUT2D eigenvalue weighted by atomic mass is 16.4. The first-order valence-electron chi connectivity index (χ1n) is 9.96. The van der Waals surface area contributed by atoms with Gasteiger partial charge in [-0.2, -0.15) is 0 Å². The number of anilines is 3. The van der Waals surface area contributed by atoms with E-state index < -0.39 is 5.97 Å². The van der Waals surface area contributed by atoms with Gasteiger partial charge >= 0.3 is 5.97 Å². The monoisotopic (exact) mass is 381 g/mol. The Morgan fingerprint density at radius 1 is 1.18 bits per heavy atom. The van der Waals surface area contributed by atoms with Crippen molar-refractivity contribution in [3.63, 3.8) is 0 Å². The molecule has 4 rings (SSSR count). The van der Waals surface area contributed by atoms with Crippen LogP contribution < -0.4 is 9.80 Å². The Labute approximate surface area is 165 Å². The zero-order chi connectivity index (χ0) is 19.5. The van der Waals surface area contributed by atoms with Gasteiger partial charge in [0, 0.05) is 37.4 Å². The Bertz CT molecular complexity index is 843. The van der Waals surface area contributed by atoms with Crippen LogP contribution in [0.3, 0.4) is 0 Å². The molecule has 0 amide bonds. The fourth-order valence-electron chi connectivity index (χ4n) is 4.33. The summed E-state index contributed by atoms with van der Waals surface area (Å²) in [5, 5.41) is 9.05. The van der Waals surface area contributed by atoms with E-state index in [9.17, 15) is 4.79 Å². The average molecular weight is 381 g/mol. The van der Waals surface area contributed by atoms with Crippen molar-refractivity contribution in [3.05, 3.63) is 42.2 Å². The van der Waals surface area contributed by atoms with Crippen molar-refractivity contribution < 1.29 is 9.90 Å². The fourth-order valence-corrected chi connectivity index (χ4v) is 4.33. The molecule has 148 valence electrons. The normalized spacial score (nSPS) is 19.6. The van der Waals surface area contributed by atoms with Gasteiger partial charge in [-0.1, -0.05) is 18.2 Å². The van der Waals surface area contributed by atoms with Gasteiger partial charge in [0.2, 0.25) is 0 Å². The molecule has 1 saturated heterocycles. The van der Waals surface area contributed by atoms with Crippen molar-refractivity contribution in [1.29, 1.82) is 0 Å². The molecule has 0 spiro atoms. The zero-order valence-corrected chi connectivity index (χ0v) is 16.3. The molecule has 2 aliphatic rings. The smallest absolute Gasteiger partial charge is 0.317 e. The molecule has 0 saturated carbocycles. The molecule has 1 unspecified atom stereocenters. The van der Waals surface area contributed by atoms with Crippen LogP contribution in [0.2, 0.25) is 0 Å². The van der Waals surface area contributed by atoms with Gasteiger partial charge in [0.05, 0.1) is 6.54 Å². The van der Waals surface area contributed by atoms with Crippen LogP contribution in [0.15, 0.2) is 36.7 Å². The number of hydrogen-bond donors (Lipinski definition) is 1. The summed E-state index contributed by atoms with van der Waals surface area (Å²) in [6.07, 6.45) is 5.68. The minimum Gasteiger partial charge on any atom is -0.480 e. The van der Waals surface area contributed by atoms with E-state index in [1.165, 1.54) is 11.3 Å². The SMILES string of the molecule is CN(CC(=O)O)C1CCCN(c2cc(N3CCc4ccccc43)ncn2)CC1. The largest absolute Gasteiger partial charge is 0.480 e. The highest BCUT2D eigenvalue weighted by molar-refractivity contribution is 5.69. The molecule has 7 heteroatoms. The topological polar surface area (TPSA) is 72.8 Å². The summed E-state index contributed by atoms with van der Waals surface area (Å²) < 4.78 is 0. The van der Waals surface area contributed by atoms with Crippen molar-refractivity contribution in [2.24, 2.45) is 0 Å². The fraction of sp³-hybridized carbons (Fsp3) is 0.476. The maximum atomic E-state index is 11.0. The first-order valence-corrected chi connectivity index (χ1v) is 9.96. The number of carboxylic acids is 1. The molecule has 2 aromatic rings. The summed E-state index contributed by atoms with van der Waals surface area (Å²) in [7, 11) is 1.90. The Morgan fingerprint density at radius 3 is 2.86 bits per heavy atom. The highest BCUT2D eigenvalue weighted by Crippen LogP contribution is 2.34. The predicted octanol–water partition coefficient (Wildman–Crippen LogP) is 2.55. The number of aromatic nitrogens is 2. The first kappa shape index (κ1) is 18.7. The van der Waals surface area contributed by atoms with Gasteiger partial charge in [0.1, 0.15) is 18.0 Å². The minimum absolute atomic E-state index is 0.0939. The van der Waals surface area contributed by atoms with Crippen LogP contribution >= 0.6 is 0 Å². The predicted molar refractivity (Wildman–Crippen MR) is 109 cm³/mol. The lowest BCUT2D eigenvalue weighted by atomic mass is 10.1. The quantitative estimate of drug-likeness (QED) is 0.853. The number of benzene rings is 1. The van der Waals surface area contributed by atoms with Crippen LogP contribution in [-0.4, -0.2) is 65.2 Å². The highest BCUT2D eigenvalue weighted by Gasteiger charge is 2.24. The zero-order valence-electron chi connectivity index (χ0n) is 16.3. The Hall–Kier alpha value is -2.67. The van der Waals surface area contributed by atoms with Gasteiger partial charge < -0.3 is 14.9 Å². The molecule has 1 aromatic heterocycles. The molecule has 2 aliphatic heterocycles. The van der Waals surface area contributed by atoms with E-state index in [2.05, 4.69) is 50.1 Å². The summed E-state index contributed by atoms with van der Waals surface area (Å²) >= 11 is 0. The summed E-state index contributed by atoms with van der Waals surface area (Å²) in [6.45, 7) is 2.85. The molecule has 7 nitrogen and oxygen atoms in total. The summed E-state index contributed by atoms with van der Waals surface area (Å²) in [5.41, 5.74) is 2.60. The van der Waals surface area contributed by atoms with Crippen molar-refractivity contribution >= 4 is 23.3 Å². The third kappa shape index (κ3) is 3.94. The van der Waals surface area contributed by atoms with Crippen LogP contribution in [0, 0.1) is 0 Å². The molecule has 3 heterocycles. The van der Waals surface area contributed by atoms with E-state index in [4.69, 9.17) is 5.11 Å². The molecule has 0 bridgehead atoms. The van der Waals surface area contributed by atoms with Gasteiger partial charge in [0.25, 0.3) is 0 Å². The number of aliphatic carboxylic acids is 1. The van der Waals surface area contributed by atoms with Gasteiger partial charge in [0.15, 0.2) is 0 Å². The van der Waals surface area contributed by atoms with E-state index in [0.717, 1.165) is 57.0 Å². The van der Waals surface area contributed by atoms with Crippen LogP contribution in [0.5, 0.6) is 0 Å². The second-order valence-electron chi connectivity index (χ2n) is 7.65.